The van der Waals surface area contributed by atoms with Gasteiger partial charge in [0.1, 0.15) is 0 Å². The van der Waals surface area contributed by atoms with Gasteiger partial charge in [-0.25, -0.2) is 0 Å². The lowest BCUT2D eigenvalue weighted by Crippen LogP contribution is -2.50. The summed E-state index contributed by atoms with van der Waals surface area (Å²) in [4.78, 5) is 9.62. The molecule has 2 aromatic rings. The van der Waals surface area contributed by atoms with Gasteiger partial charge in [-0.2, -0.15) is 5.10 Å². The second kappa shape index (κ2) is 7.45. The van der Waals surface area contributed by atoms with Gasteiger partial charge in [0.15, 0.2) is 0 Å². The number of nitrogens with zero attached hydrogens (tertiary/aromatic N) is 5. The summed E-state index contributed by atoms with van der Waals surface area (Å²) in [5.41, 5.74) is 4.86. The first kappa shape index (κ1) is 17.1. The van der Waals surface area contributed by atoms with Crippen LogP contribution in [-0.4, -0.2) is 56.8 Å². The van der Waals surface area contributed by atoms with E-state index in [1.807, 2.05) is 12.3 Å². The fraction of sp³-hybridized carbons (Fsp3) is 0.579. The Morgan fingerprint density at radius 2 is 1.88 bits per heavy atom. The molecule has 5 nitrogen and oxygen atoms in total. The Morgan fingerprint density at radius 3 is 2.50 bits per heavy atom. The third-order valence-corrected chi connectivity index (χ3v) is 5.06. The van der Waals surface area contributed by atoms with Crippen LogP contribution in [0.25, 0.3) is 0 Å². The zero-order valence-electron chi connectivity index (χ0n) is 15.4. The molecular weight excluding hydrogens is 298 g/mol. The van der Waals surface area contributed by atoms with Gasteiger partial charge >= 0.3 is 0 Å². The lowest BCUT2D eigenvalue weighted by atomic mass is 10.2. The minimum Gasteiger partial charge on any atom is -0.296 e. The summed E-state index contributed by atoms with van der Waals surface area (Å²) in [7, 11) is 0. The molecule has 3 heterocycles. The van der Waals surface area contributed by atoms with Crippen LogP contribution < -0.4 is 0 Å². The zero-order valence-corrected chi connectivity index (χ0v) is 15.4. The number of hydrogen-bond acceptors (Lipinski definition) is 4. The van der Waals surface area contributed by atoms with Crippen LogP contribution >= 0.6 is 0 Å². The first-order valence-corrected chi connectivity index (χ1v) is 8.91. The Hall–Kier alpha value is -1.72. The lowest BCUT2D eigenvalue weighted by Gasteiger charge is -2.38. The van der Waals surface area contributed by atoms with Gasteiger partial charge in [-0.3, -0.25) is 19.5 Å². The Kier molecular flexibility index (Phi) is 5.31. The van der Waals surface area contributed by atoms with Gasteiger partial charge in [0.25, 0.3) is 0 Å². The SMILES string of the molecule is Cc1cc(C)n(CC(C)N2CCN(Cc3ncccc3C)CC2)n1. The molecule has 5 heteroatoms. The van der Waals surface area contributed by atoms with Crippen molar-refractivity contribution in [1.29, 1.82) is 0 Å². The summed E-state index contributed by atoms with van der Waals surface area (Å²) in [5.74, 6) is 0. The molecule has 1 aliphatic heterocycles. The standard InChI is InChI=1S/C19H29N5/c1-15-6-5-7-20-19(15)14-22-8-10-23(11-9-22)18(4)13-24-17(3)12-16(2)21-24/h5-7,12,18H,8-11,13-14H2,1-4H3. The molecule has 0 spiro atoms. The van der Waals surface area contributed by atoms with E-state index >= 15 is 0 Å². The number of rotatable bonds is 5. The number of pyridine rings is 1. The number of aromatic nitrogens is 3. The van der Waals surface area contributed by atoms with E-state index in [-0.39, 0.29) is 0 Å². The third-order valence-electron chi connectivity index (χ3n) is 5.06. The average Bonchev–Trinajstić information content (AvgIpc) is 2.88. The number of aryl methyl sites for hydroxylation is 3. The molecule has 24 heavy (non-hydrogen) atoms. The molecule has 0 radical (unpaired) electrons. The van der Waals surface area contributed by atoms with Gasteiger partial charge in [-0.15, -0.1) is 0 Å². The van der Waals surface area contributed by atoms with Crippen molar-refractivity contribution in [2.24, 2.45) is 0 Å². The lowest BCUT2D eigenvalue weighted by molar-refractivity contribution is 0.0886. The molecule has 0 aromatic carbocycles. The maximum atomic E-state index is 4.60. The number of hydrogen-bond donors (Lipinski definition) is 0. The minimum absolute atomic E-state index is 0.515. The summed E-state index contributed by atoms with van der Waals surface area (Å²) in [6.07, 6.45) is 1.90. The molecule has 1 aliphatic rings. The van der Waals surface area contributed by atoms with Crippen molar-refractivity contribution in [1.82, 2.24) is 24.6 Å². The fourth-order valence-electron chi connectivity index (χ4n) is 3.48. The van der Waals surface area contributed by atoms with Crippen LogP contribution in [0, 0.1) is 20.8 Å². The van der Waals surface area contributed by atoms with Crippen molar-refractivity contribution >= 4 is 0 Å². The van der Waals surface area contributed by atoms with Crippen molar-refractivity contribution in [2.45, 2.75) is 46.8 Å². The van der Waals surface area contributed by atoms with Crippen LogP contribution in [0.2, 0.25) is 0 Å². The molecule has 1 fully saturated rings. The second-order valence-corrected chi connectivity index (χ2v) is 7.04. The van der Waals surface area contributed by atoms with E-state index in [1.54, 1.807) is 0 Å². The van der Waals surface area contributed by atoms with Crippen molar-refractivity contribution in [3.63, 3.8) is 0 Å². The summed E-state index contributed by atoms with van der Waals surface area (Å²) in [5, 5.41) is 4.60. The molecule has 0 saturated carbocycles. The van der Waals surface area contributed by atoms with Gasteiger partial charge in [0.05, 0.1) is 17.9 Å². The smallest absolute Gasteiger partial charge is 0.0596 e. The minimum atomic E-state index is 0.515. The maximum absolute atomic E-state index is 4.60. The first-order chi connectivity index (χ1) is 11.5. The van der Waals surface area contributed by atoms with Gasteiger partial charge in [0, 0.05) is 50.7 Å². The van der Waals surface area contributed by atoms with E-state index in [1.165, 1.54) is 17.0 Å². The van der Waals surface area contributed by atoms with E-state index in [9.17, 15) is 0 Å². The summed E-state index contributed by atoms with van der Waals surface area (Å²) in [6, 6.07) is 6.83. The normalized spacial score (nSPS) is 18.0. The van der Waals surface area contributed by atoms with Crippen LogP contribution in [0.1, 0.15) is 29.6 Å². The summed E-state index contributed by atoms with van der Waals surface area (Å²) < 4.78 is 2.14. The molecule has 1 atom stereocenters. The zero-order chi connectivity index (χ0) is 17.1. The topological polar surface area (TPSA) is 37.2 Å². The van der Waals surface area contributed by atoms with Crippen molar-refractivity contribution in [2.75, 3.05) is 26.2 Å². The van der Waals surface area contributed by atoms with Crippen LogP contribution in [0.5, 0.6) is 0 Å². The molecule has 2 aromatic heterocycles. The van der Waals surface area contributed by atoms with Crippen molar-refractivity contribution in [3.05, 3.63) is 47.0 Å². The Labute approximate surface area is 145 Å². The van der Waals surface area contributed by atoms with Crippen LogP contribution in [0.4, 0.5) is 0 Å². The molecule has 130 valence electrons. The molecular formula is C19H29N5. The van der Waals surface area contributed by atoms with Crippen LogP contribution in [0.3, 0.4) is 0 Å². The summed E-state index contributed by atoms with van der Waals surface area (Å²) in [6.45, 7) is 15.1. The highest BCUT2D eigenvalue weighted by atomic mass is 15.3. The quantitative estimate of drug-likeness (QED) is 0.845. The van der Waals surface area contributed by atoms with Gasteiger partial charge < -0.3 is 0 Å². The Bertz CT molecular complexity index is 670. The van der Waals surface area contributed by atoms with Crippen LogP contribution in [-0.2, 0) is 13.1 Å². The molecule has 3 rings (SSSR count). The first-order valence-electron chi connectivity index (χ1n) is 8.91. The van der Waals surface area contributed by atoms with Crippen molar-refractivity contribution in [3.8, 4) is 0 Å². The van der Waals surface area contributed by atoms with E-state index in [2.05, 4.69) is 64.4 Å². The van der Waals surface area contributed by atoms with E-state index in [0.29, 0.717) is 6.04 Å². The van der Waals surface area contributed by atoms with Gasteiger partial charge in [-0.1, -0.05) is 6.07 Å². The highest BCUT2D eigenvalue weighted by Gasteiger charge is 2.22. The van der Waals surface area contributed by atoms with E-state index in [4.69, 9.17) is 0 Å². The Balaban J connectivity index is 1.51. The fourth-order valence-corrected chi connectivity index (χ4v) is 3.48. The molecule has 0 bridgehead atoms. The molecule has 1 saturated heterocycles. The molecule has 1 unspecified atom stereocenters. The van der Waals surface area contributed by atoms with Gasteiger partial charge in [0.2, 0.25) is 0 Å². The molecule has 0 amide bonds. The summed E-state index contributed by atoms with van der Waals surface area (Å²) >= 11 is 0. The van der Waals surface area contributed by atoms with Crippen molar-refractivity contribution < 1.29 is 0 Å². The second-order valence-electron chi connectivity index (χ2n) is 7.04. The average molecular weight is 327 g/mol. The van der Waals surface area contributed by atoms with E-state index < -0.39 is 0 Å². The van der Waals surface area contributed by atoms with E-state index in [0.717, 1.165) is 45.0 Å². The number of piperazine rings is 1. The maximum Gasteiger partial charge on any atom is 0.0596 e. The molecule has 0 aliphatic carbocycles. The van der Waals surface area contributed by atoms with Crippen LogP contribution in [0.15, 0.2) is 24.4 Å². The predicted molar refractivity (Wildman–Crippen MR) is 97.0 cm³/mol. The Morgan fingerprint density at radius 1 is 1.12 bits per heavy atom. The highest BCUT2D eigenvalue weighted by molar-refractivity contribution is 5.17. The van der Waals surface area contributed by atoms with Gasteiger partial charge in [-0.05, 0) is 45.4 Å². The third kappa shape index (κ3) is 4.02. The predicted octanol–water partition coefficient (Wildman–Crippen LogP) is 2.41. The largest absolute Gasteiger partial charge is 0.296 e. The monoisotopic (exact) mass is 327 g/mol. The molecule has 0 N–H and O–H groups in total. The highest BCUT2D eigenvalue weighted by Crippen LogP contribution is 2.13.